The Labute approximate surface area is 95.1 Å². The molecule has 78 valence electrons. The standard InChI is InChI=1S/C15H12O/c1-2-16-14-9-12-7-3-5-11-6-4-8-13(10-14)15(11)12/h2-10,15H,1H2. The molecular formula is C15H12O. The molecule has 0 fully saturated rings. The maximum atomic E-state index is 5.35. The molecule has 0 radical (unpaired) electrons. The van der Waals surface area contributed by atoms with E-state index in [1.807, 2.05) is 0 Å². The van der Waals surface area contributed by atoms with Crippen molar-refractivity contribution in [2.45, 2.75) is 0 Å². The zero-order valence-electron chi connectivity index (χ0n) is 8.89. The first-order valence-electron chi connectivity index (χ1n) is 5.36. The van der Waals surface area contributed by atoms with Crippen molar-refractivity contribution < 1.29 is 4.74 Å². The Balaban J connectivity index is 2.10. The Kier molecular flexibility index (Phi) is 2.03. The molecule has 0 aromatic heterocycles. The van der Waals surface area contributed by atoms with Gasteiger partial charge >= 0.3 is 0 Å². The first-order valence-corrected chi connectivity index (χ1v) is 5.36. The fourth-order valence-corrected chi connectivity index (χ4v) is 2.36. The normalized spacial score (nSPS) is 24.9. The lowest BCUT2D eigenvalue weighted by Gasteiger charge is -2.29. The van der Waals surface area contributed by atoms with Gasteiger partial charge in [0, 0.05) is 5.92 Å². The molecule has 0 saturated carbocycles. The van der Waals surface area contributed by atoms with Crippen molar-refractivity contribution in [3.8, 4) is 0 Å². The van der Waals surface area contributed by atoms with Gasteiger partial charge < -0.3 is 4.74 Å². The van der Waals surface area contributed by atoms with Gasteiger partial charge in [0.2, 0.25) is 0 Å². The van der Waals surface area contributed by atoms with Gasteiger partial charge in [-0.3, -0.25) is 0 Å². The molecule has 0 spiro atoms. The molecule has 3 rings (SSSR count). The van der Waals surface area contributed by atoms with Crippen molar-refractivity contribution in [2.75, 3.05) is 0 Å². The summed E-state index contributed by atoms with van der Waals surface area (Å²) in [6.45, 7) is 3.58. The summed E-state index contributed by atoms with van der Waals surface area (Å²) in [7, 11) is 0. The van der Waals surface area contributed by atoms with E-state index in [2.05, 4.69) is 55.2 Å². The highest BCUT2D eigenvalue weighted by molar-refractivity contribution is 5.58. The Morgan fingerprint density at radius 1 is 1.00 bits per heavy atom. The molecule has 0 aromatic rings. The van der Waals surface area contributed by atoms with Crippen molar-refractivity contribution in [1.29, 1.82) is 0 Å². The first-order chi connectivity index (χ1) is 7.88. The summed E-state index contributed by atoms with van der Waals surface area (Å²) in [6.07, 6.45) is 18.4. The highest BCUT2D eigenvalue weighted by Gasteiger charge is 2.26. The van der Waals surface area contributed by atoms with Crippen LogP contribution in [0.1, 0.15) is 0 Å². The van der Waals surface area contributed by atoms with Gasteiger partial charge in [0.1, 0.15) is 5.76 Å². The highest BCUT2D eigenvalue weighted by atomic mass is 16.5. The third-order valence-corrected chi connectivity index (χ3v) is 2.99. The summed E-state index contributed by atoms with van der Waals surface area (Å²) < 4.78 is 5.35. The largest absolute Gasteiger partial charge is 0.466 e. The van der Waals surface area contributed by atoms with Gasteiger partial charge in [-0.15, -0.1) is 0 Å². The zero-order chi connectivity index (χ0) is 11.0. The van der Waals surface area contributed by atoms with Crippen molar-refractivity contribution >= 4 is 0 Å². The zero-order valence-corrected chi connectivity index (χ0v) is 8.89. The molecule has 1 heteroatoms. The number of allylic oxidation sites excluding steroid dienone is 11. The van der Waals surface area contributed by atoms with E-state index in [-0.39, 0.29) is 0 Å². The maximum absolute atomic E-state index is 5.35. The minimum absolute atomic E-state index is 0.396. The van der Waals surface area contributed by atoms with Crippen LogP contribution in [-0.4, -0.2) is 0 Å². The lowest BCUT2D eigenvalue weighted by molar-refractivity contribution is 0.366. The van der Waals surface area contributed by atoms with Gasteiger partial charge in [-0.25, -0.2) is 0 Å². The summed E-state index contributed by atoms with van der Waals surface area (Å²) in [4.78, 5) is 0. The number of ether oxygens (including phenoxy) is 1. The van der Waals surface area contributed by atoms with Gasteiger partial charge in [-0.1, -0.05) is 43.0 Å². The van der Waals surface area contributed by atoms with Crippen LogP contribution in [0.15, 0.2) is 83.9 Å². The molecule has 0 N–H and O–H groups in total. The maximum Gasteiger partial charge on any atom is 0.127 e. The number of hydrogen-bond acceptors (Lipinski definition) is 1. The van der Waals surface area contributed by atoms with Gasteiger partial charge in [0.15, 0.2) is 0 Å². The molecule has 1 atom stereocenters. The summed E-state index contributed by atoms with van der Waals surface area (Å²) in [6, 6.07) is 0. The van der Waals surface area contributed by atoms with Crippen LogP contribution in [-0.2, 0) is 4.74 Å². The Hall–Kier alpha value is -2.02. The van der Waals surface area contributed by atoms with E-state index in [1.54, 1.807) is 0 Å². The summed E-state index contributed by atoms with van der Waals surface area (Å²) in [5, 5.41) is 0. The van der Waals surface area contributed by atoms with Gasteiger partial charge in [0.25, 0.3) is 0 Å². The average Bonchev–Trinajstić information content (AvgIpc) is 2.30. The third-order valence-electron chi connectivity index (χ3n) is 2.99. The first kappa shape index (κ1) is 9.22. The Morgan fingerprint density at radius 3 is 2.56 bits per heavy atom. The summed E-state index contributed by atoms with van der Waals surface area (Å²) in [5.74, 6) is 1.25. The van der Waals surface area contributed by atoms with Crippen molar-refractivity contribution in [1.82, 2.24) is 0 Å². The molecule has 0 heterocycles. The average molecular weight is 208 g/mol. The van der Waals surface area contributed by atoms with E-state index in [1.165, 1.54) is 23.0 Å². The van der Waals surface area contributed by atoms with Crippen molar-refractivity contribution in [3.63, 3.8) is 0 Å². The summed E-state index contributed by atoms with van der Waals surface area (Å²) >= 11 is 0. The van der Waals surface area contributed by atoms with E-state index < -0.39 is 0 Å². The van der Waals surface area contributed by atoms with Crippen molar-refractivity contribution in [2.24, 2.45) is 5.92 Å². The molecule has 1 nitrogen and oxygen atoms in total. The second kappa shape index (κ2) is 3.53. The molecule has 1 unspecified atom stereocenters. The predicted molar refractivity (Wildman–Crippen MR) is 65.4 cm³/mol. The van der Waals surface area contributed by atoms with E-state index in [9.17, 15) is 0 Å². The van der Waals surface area contributed by atoms with Crippen LogP contribution in [0.2, 0.25) is 0 Å². The number of hydrogen-bond donors (Lipinski definition) is 0. The smallest absolute Gasteiger partial charge is 0.127 e. The van der Waals surface area contributed by atoms with E-state index >= 15 is 0 Å². The van der Waals surface area contributed by atoms with Crippen LogP contribution in [0.3, 0.4) is 0 Å². The molecule has 3 aliphatic rings. The molecule has 0 amide bonds. The van der Waals surface area contributed by atoms with Crippen LogP contribution in [0.5, 0.6) is 0 Å². The van der Waals surface area contributed by atoms with Gasteiger partial charge in [-0.05, 0) is 28.9 Å². The fourth-order valence-electron chi connectivity index (χ4n) is 2.36. The quantitative estimate of drug-likeness (QED) is 0.630. The van der Waals surface area contributed by atoms with Crippen molar-refractivity contribution in [3.05, 3.63) is 83.9 Å². The van der Waals surface area contributed by atoms with E-state index in [0.29, 0.717) is 5.92 Å². The molecule has 0 saturated heterocycles. The van der Waals surface area contributed by atoms with Gasteiger partial charge in [0.05, 0.1) is 6.26 Å². The second-order valence-electron chi connectivity index (χ2n) is 3.96. The van der Waals surface area contributed by atoms with Crippen LogP contribution >= 0.6 is 0 Å². The number of rotatable bonds is 2. The summed E-state index contributed by atoms with van der Waals surface area (Å²) in [5.41, 5.74) is 3.92. The van der Waals surface area contributed by atoms with E-state index in [0.717, 1.165) is 5.76 Å². The molecule has 3 aliphatic carbocycles. The monoisotopic (exact) mass is 208 g/mol. The highest BCUT2D eigenvalue weighted by Crippen LogP contribution is 2.39. The lowest BCUT2D eigenvalue weighted by atomic mass is 9.76. The molecular weight excluding hydrogens is 196 g/mol. The van der Waals surface area contributed by atoms with E-state index in [4.69, 9.17) is 4.74 Å². The van der Waals surface area contributed by atoms with Gasteiger partial charge in [-0.2, -0.15) is 0 Å². The van der Waals surface area contributed by atoms with Crippen LogP contribution in [0, 0.1) is 5.92 Å². The second-order valence-corrected chi connectivity index (χ2v) is 3.96. The fraction of sp³-hybridized carbons (Fsp3) is 0.0667. The third kappa shape index (κ3) is 1.33. The van der Waals surface area contributed by atoms with Crippen LogP contribution < -0.4 is 0 Å². The topological polar surface area (TPSA) is 9.23 Å². The Bertz CT molecular complexity index is 520. The van der Waals surface area contributed by atoms with Crippen LogP contribution in [0.25, 0.3) is 0 Å². The molecule has 0 aliphatic heterocycles. The molecule has 0 aromatic carbocycles. The molecule has 0 bridgehead atoms. The SMILES string of the molecule is C=COC1=CC2=CC=CC3=CC=CC(=C1)C32. The van der Waals surface area contributed by atoms with Crippen LogP contribution in [0.4, 0.5) is 0 Å². The minimum atomic E-state index is 0.396. The molecule has 16 heavy (non-hydrogen) atoms. The Morgan fingerprint density at radius 2 is 1.75 bits per heavy atom. The lowest BCUT2D eigenvalue weighted by Crippen LogP contribution is -2.15. The minimum Gasteiger partial charge on any atom is -0.466 e. The predicted octanol–water partition coefficient (Wildman–Crippen LogP) is 3.58.